The molecular weight excluding hydrogens is 334 g/mol. The summed E-state index contributed by atoms with van der Waals surface area (Å²) < 4.78 is 24.1. The minimum Gasteiger partial charge on any atom is -0.380 e. The summed E-state index contributed by atoms with van der Waals surface area (Å²) in [6.07, 6.45) is 7.61. The second kappa shape index (κ2) is 18.8. The van der Waals surface area contributed by atoms with Gasteiger partial charge in [0.2, 0.25) is 0 Å². The van der Waals surface area contributed by atoms with Gasteiger partial charge in [-0.25, -0.2) is 0 Å². The molecule has 0 aliphatic rings. The Labute approximate surface area is 157 Å². The zero-order chi connectivity index (χ0) is 18.6. The minimum absolute atomic E-state index is 0.749. The van der Waals surface area contributed by atoms with Gasteiger partial charge in [-0.2, -0.15) is 0 Å². The van der Waals surface area contributed by atoms with Crippen molar-refractivity contribution in [2.24, 2.45) is 0 Å². The fraction of sp³-hybridized carbons (Fsp3) is 1.00. The molecule has 0 rings (SSSR count). The zero-order valence-corrected chi connectivity index (χ0v) is 18.2. The largest absolute Gasteiger partial charge is 0.501 e. The van der Waals surface area contributed by atoms with E-state index in [1.165, 1.54) is 0 Å². The molecule has 152 valence electrons. The maximum absolute atomic E-state index is 6.25. The van der Waals surface area contributed by atoms with Crippen LogP contribution in [0.25, 0.3) is 0 Å². The number of unbranched alkanes of at least 4 members (excludes halogenated alkanes) is 3. The summed E-state index contributed by atoms with van der Waals surface area (Å²) in [5.41, 5.74) is 0. The molecule has 0 bridgehead atoms. The molecule has 0 unspecified atom stereocenters. The second-order valence-electron chi connectivity index (χ2n) is 6.34. The highest BCUT2D eigenvalue weighted by molar-refractivity contribution is 6.60. The summed E-state index contributed by atoms with van der Waals surface area (Å²) in [6.45, 7) is 14.2. The van der Waals surface area contributed by atoms with Crippen LogP contribution in [-0.4, -0.2) is 54.9 Å². The molecule has 0 radical (unpaired) electrons. The van der Waals surface area contributed by atoms with Crippen LogP contribution in [0.1, 0.15) is 72.6 Å². The van der Waals surface area contributed by atoms with Crippen LogP contribution in [0.2, 0.25) is 6.04 Å². The first-order valence-electron chi connectivity index (χ1n) is 10.4. The highest BCUT2D eigenvalue weighted by Gasteiger charge is 2.40. The van der Waals surface area contributed by atoms with E-state index < -0.39 is 8.80 Å². The SMILES string of the molecule is CCCCO[Si](CCCNCCOCC)(OCCCC)OCCCC. The van der Waals surface area contributed by atoms with E-state index in [1.807, 2.05) is 6.92 Å². The van der Waals surface area contributed by atoms with Crippen LogP contribution in [-0.2, 0) is 18.0 Å². The van der Waals surface area contributed by atoms with Gasteiger partial charge >= 0.3 is 8.80 Å². The van der Waals surface area contributed by atoms with Crippen molar-refractivity contribution in [1.82, 2.24) is 5.32 Å². The lowest BCUT2D eigenvalue weighted by Gasteiger charge is -2.30. The maximum atomic E-state index is 6.25. The molecule has 0 spiro atoms. The molecule has 1 N–H and O–H groups in total. The summed E-state index contributed by atoms with van der Waals surface area (Å²) in [7, 11) is -2.55. The van der Waals surface area contributed by atoms with Crippen LogP contribution in [0.4, 0.5) is 0 Å². The van der Waals surface area contributed by atoms with Crippen molar-refractivity contribution in [3.05, 3.63) is 0 Å². The Kier molecular flexibility index (Phi) is 18.8. The van der Waals surface area contributed by atoms with Gasteiger partial charge in [-0.1, -0.05) is 40.0 Å². The third kappa shape index (κ3) is 14.8. The molecule has 0 amide bonds. The molecular formula is C19H43NO4Si. The molecule has 0 saturated heterocycles. The van der Waals surface area contributed by atoms with Gasteiger partial charge in [0.1, 0.15) is 0 Å². The maximum Gasteiger partial charge on any atom is 0.501 e. The van der Waals surface area contributed by atoms with Crippen molar-refractivity contribution in [3.8, 4) is 0 Å². The molecule has 5 nitrogen and oxygen atoms in total. The topological polar surface area (TPSA) is 49.0 Å². The van der Waals surface area contributed by atoms with E-state index in [9.17, 15) is 0 Å². The monoisotopic (exact) mass is 377 g/mol. The standard InChI is InChI=1S/C19H43NO4Si/c1-5-9-15-22-25(23-16-10-6-2,24-17-11-7-3)19-12-13-20-14-18-21-8-4/h20H,5-19H2,1-4H3. The van der Waals surface area contributed by atoms with Gasteiger partial charge in [0.25, 0.3) is 0 Å². The van der Waals surface area contributed by atoms with E-state index in [2.05, 4.69) is 26.1 Å². The van der Waals surface area contributed by atoms with Crippen molar-refractivity contribution in [1.29, 1.82) is 0 Å². The van der Waals surface area contributed by atoms with Gasteiger partial charge in [0.15, 0.2) is 0 Å². The van der Waals surface area contributed by atoms with Crippen LogP contribution in [0, 0.1) is 0 Å². The summed E-state index contributed by atoms with van der Waals surface area (Å²) in [6, 6.07) is 0.895. The third-order valence-corrected chi connectivity index (χ3v) is 6.82. The Morgan fingerprint density at radius 3 is 1.60 bits per heavy atom. The first-order chi connectivity index (χ1) is 12.2. The van der Waals surface area contributed by atoms with E-state index >= 15 is 0 Å². The van der Waals surface area contributed by atoms with E-state index in [4.69, 9.17) is 18.0 Å². The molecule has 0 aromatic heterocycles. The van der Waals surface area contributed by atoms with Crippen molar-refractivity contribution < 1.29 is 18.0 Å². The Balaban J connectivity index is 4.43. The molecule has 25 heavy (non-hydrogen) atoms. The number of rotatable bonds is 20. The normalized spacial score (nSPS) is 12.0. The average molecular weight is 378 g/mol. The molecule has 0 heterocycles. The van der Waals surface area contributed by atoms with Crippen molar-refractivity contribution in [3.63, 3.8) is 0 Å². The summed E-state index contributed by atoms with van der Waals surface area (Å²) in [5.74, 6) is 0. The predicted molar refractivity (Wildman–Crippen MR) is 107 cm³/mol. The first-order valence-corrected chi connectivity index (χ1v) is 12.4. The van der Waals surface area contributed by atoms with Gasteiger partial charge in [-0.3, -0.25) is 0 Å². The van der Waals surface area contributed by atoms with E-state index in [0.29, 0.717) is 0 Å². The second-order valence-corrected chi connectivity index (χ2v) is 9.07. The molecule has 0 saturated carbocycles. The van der Waals surface area contributed by atoms with Gasteiger partial charge < -0.3 is 23.3 Å². The highest BCUT2D eigenvalue weighted by atomic mass is 28.4. The molecule has 0 aliphatic carbocycles. The van der Waals surface area contributed by atoms with Gasteiger partial charge in [0, 0.05) is 39.0 Å². The van der Waals surface area contributed by atoms with E-state index in [0.717, 1.165) is 97.1 Å². The van der Waals surface area contributed by atoms with Crippen LogP contribution in [0.15, 0.2) is 0 Å². The van der Waals surface area contributed by atoms with Crippen LogP contribution < -0.4 is 5.32 Å². The van der Waals surface area contributed by atoms with Gasteiger partial charge in [-0.15, -0.1) is 0 Å². The molecule has 0 aromatic carbocycles. The summed E-state index contributed by atoms with van der Waals surface area (Å²) in [5, 5.41) is 3.43. The summed E-state index contributed by atoms with van der Waals surface area (Å²) in [4.78, 5) is 0. The molecule has 6 heteroatoms. The number of hydrogen-bond acceptors (Lipinski definition) is 5. The van der Waals surface area contributed by atoms with Gasteiger partial charge in [0.05, 0.1) is 6.61 Å². The predicted octanol–water partition coefficient (Wildman–Crippen LogP) is 4.39. The lowest BCUT2D eigenvalue weighted by Crippen LogP contribution is -2.47. The Bertz CT molecular complexity index is 243. The van der Waals surface area contributed by atoms with Gasteiger partial charge in [-0.05, 0) is 39.2 Å². The Morgan fingerprint density at radius 2 is 1.16 bits per heavy atom. The quantitative estimate of drug-likeness (QED) is 0.252. The fourth-order valence-corrected chi connectivity index (χ4v) is 4.96. The third-order valence-electron chi connectivity index (χ3n) is 3.92. The number of ether oxygens (including phenoxy) is 1. The zero-order valence-electron chi connectivity index (χ0n) is 17.2. The van der Waals surface area contributed by atoms with E-state index in [-0.39, 0.29) is 0 Å². The van der Waals surface area contributed by atoms with Crippen molar-refractivity contribution >= 4 is 8.80 Å². The van der Waals surface area contributed by atoms with Crippen LogP contribution in [0.3, 0.4) is 0 Å². The molecule has 0 aliphatic heterocycles. The van der Waals surface area contributed by atoms with Crippen molar-refractivity contribution in [2.75, 3.05) is 46.1 Å². The van der Waals surface area contributed by atoms with Crippen LogP contribution in [0.5, 0.6) is 0 Å². The Hall–Kier alpha value is 0.0169. The van der Waals surface area contributed by atoms with Crippen molar-refractivity contribution in [2.45, 2.75) is 78.7 Å². The fourth-order valence-electron chi connectivity index (χ4n) is 2.30. The smallest absolute Gasteiger partial charge is 0.380 e. The number of nitrogens with one attached hydrogen (secondary N) is 1. The summed E-state index contributed by atoms with van der Waals surface area (Å²) >= 11 is 0. The lowest BCUT2D eigenvalue weighted by molar-refractivity contribution is 0.0558. The lowest BCUT2D eigenvalue weighted by atomic mass is 10.4. The number of hydrogen-bond donors (Lipinski definition) is 1. The average Bonchev–Trinajstić information content (AvgIpc) is 2.61. The molecule has 0 aromatic rings. The molecule has 0 atom stereocenters. The molecule has 0 fully saturated rings. The minimum atomic E-state index is -2.55. The highest BCUT2D eigenvalue weighted by Crippen LogP contribution is 2.20. The van der Waals surface area contributed by atoms with E-state index in [1.54, 1.807) is 0 Å². The van der Waals surface area contributed by atoms with Crippen LogP contribution >= 0.6 is 0 Å². The first kappa shape index (κ1) is 25.0. The Morgan fingerprint density at radius 1 is 0.640 bits per heavy atom.